The van der Waals surface area contributed by atoms with Crippen LogP contribution >= 0.6 is 34.3 Å². The van der Waals surface area contributed by atoms with E-state index in [4.69, 9.17) is 16.7 Å². The second-order valence-corrected chi connectivity index (χ2v) is 5.37. The number of carboxylic acids is 1. The second-order valence-electron chi connectivity index (χ2n) is 3.17. The summed E-state index contributed by atoms with van der Waals surface area (Å²) in [5.41, 5.74) is 0.826. The third-order valence-corrected chi connectivity index (χ3v) is 4.26. The molecular formula is C10H8ClNO2S2. The summed E-state index contributed by atoms with van der Waals surface area (Å²) in [6, 6.07) is 1.87. The van der Waals surface area contributed by atoms with Crippen molar-refractivity contribution in [2.75, 3.05) is 0 Å². The van der Waals surface area contributed by atoms with E-state index in [0.29, 0.717) is 11.4 Å². The van der Waals surface area contributed by atoms with Gasteiger partial charge in [-0.2, -0.15) is 0 Å². The van der Waals surface area contributed by atoms with Crippen molar-refractivity contribution in [1.82, 2.24) is 4.98 Å². The molecule has 0 aromatic carbocycles. The van der Waals surface area contributed by atoms with Crippen molar-refractivity contribution in [2.24, 2.45) is 0 Å². The van der Waals surface area contributed by atoms with Gasteiger partial charge in [0.2, 0.25) is 0 Å². The van der Waals surface area contributed by atoms with Gasteiger partial charge in [-0.15, -0.1) is 22.7 Å². The molecule has 0 bridgehead atoms. The Bertz CT molecular complexity index is 506. The summed E-state index contributed by atoms with van der Waals surface area (Å²) >= 11 is 8.88. The number of aliphatic carboxylic acids is 1. The van der Waals surface area contributed by atoms with Gasteiger partial charge in [-0.1, -0.05) is 11.6 Å². The summed E-state index contributed by atoms with van der Waals surface area (Å²) in [6.45, 7) is 0. The summed E-state index contributed by atoms with van der Waals surface area (Å²) < 4.78 is 0. The zero-order valence-corrected chi connectivity index (χ0v) is 10.5. The van der Waals surface area contributed by atoms with Crippen LogP contribution in [0.4, 0.5) is 0 Å². The van der Waals surface area contributed by atoms with E-state index >= 15 is 0 Å². The van der Waals surface area contributed by atoms with Crippen molar-refractivity contribution in [3.8, 4) is 9.88 Å². The topological polar surface area (TPSA) is 50.2 Å². The molecule has 0 atom stereocenters. The molecule has 2 aromatic rings. The lowest BCUT2D eigenvalue weighted by molar-refractivity contribution is -0.136. The predicted octanol–water partition coefficient (Wildman–Crippen LogP) is 3.54. The molecule has 0 spiro atoms. The highest BCUT2D eigenvalue weighted by molar-refractivity contribution is 7.20. The largest absolute Gasteiger partial charge is 0.481 e. The van der Waals surface area contributed by atoms with E-state index in [1.165, 1.54) is 11.3 Å². The molecule has 0 unspecified atom stereocenters. The molecule has 1 N–H and O–H groups in total. The quantitative estimate of drug-likeness (QED) is 0.927. The Morgan fingerprint density at radius 3 is 2.88 bits per heavy atom. The summed E-state index contributed by atoms with van der Waals surface area (Å²) in [5, 5.41) is 13.9. The minimum Gasteiger partial charge on any atom is -0.481 e. The van der Waals surface area contributed by atoms with E-state index in [-0.39, 0.29) is 6.42 Å². The number of hydrogen-bond acceptors (Lipinski definition) is 4. The van der Waals surface area contributed by atoms with Gasteiger partial charge in [0.25, 0.3) is 0 Å². The fourth-order valence-corrected chi connectivity index (χ4v) is 3.20. The van der Waals surface area contributed by atoms with Gasteiger partial charge in [0, 0.05) is 17.2 Å². The minimum absolute atomic E-state index is 0.119. The van der Waals surface area contributed by atoms with Gasteiger partial charge in [0.1, 0.15) is 5.01 Å². The molecule has 0 saturated carbocycles. The second kappa shape index (κ2) is 4.95. The van der Waals surface area contributed by atoms with Gasteiger partial charge in [0.15, 0.2) is 0 Å². The molecule has 2 heterocycles. The zero-order valence-electron chi connectivity index (χ0n) is 8.14. The van der Waals surface area contributed by atoms with Crippen molar-refractivity contribution in [3.05, 3.63) is 27.5 Å². The Hall–Kier alpha value is -0.910. The van der Waals surface area contributed by atoms with Gasteiger partial charge in [0.05, 0.1) is 22.0 Å². The van der Waals surface area contributed by atoms with Gasteiger partial charge >= 0.3 is 5.97 Å². The van der Waals surface area contributed by atoms with Crippen LogP contribution in [0.25, 0.3) is 9.88 Å². The maximum Gasteiger partial charge on any atom is 0.303 e. The molecule has 2 aromatic heterocycles. The monoisotopic (exact) mass is 273 g/mol. The Morgan fingerprint density at radius 2 is 2.25 bits per heavy atom. The first-order valence-electron chi connectivity index (χ1n) is 4.56. The van der Waals surface area contributed by atoms with Crippen molar-refractivity contribution in [2.45, 2.75) is 12.8 Å². The van der Waals surface area contributed by atoms with Gasteiger partial charge < -0.3 is 5.11 Å². The fourth-order valence-electron chi connectivity index (χ4n) is 1.20. The highest BCUT2D eigenvalue weighted by Gasteiger charge is 2.08. The van der Waals surface area contributed by atoms with Crippen molar-refractivity contribution >= 4 is 40.2 Å². The maximum absolute atomic E-state index is 10.4. The average molecular weight is 274 g/mol. The average Bonchev–Trinajstić information content (AvgIpc) is 2.83. The molecule has 6 heteroatoms. The van der Waals surface area contributed by atoms with Crippen molar-refractivity contribution in [3.63, 3.8) is 0 Å². The summed E-state index contributed by atoms with van der Waals surface area (Å²) in [7, 11) is 0. The number of aromatic nitrogens is 1. The van der Waals surface area contributed by atoms with Crippen LogP contribution < -0.4 is 0 Å². The van der Waals surface area contributed by atoms with Crippen LogP contribution in [0.15, 0.2) is 16.8 Å². The van der Waals surface area contributed by atoms with Crippen LogP contribution in [-0.2, 0) is 11.2 Å². The summed E-state index contributed by atoms with van der Waals surface area (Å²) in [6.07, 6.45) is 0.597. The van der Waals surface area contributed by atoms with Crippen molar-refractivity contribution in [1.29, 1.82) is 0 Å². The lowest BCUT2D eigenvalue weighted by Crippen LogP contribution is -1.97. The van der Waals surface area contributed by atoms with Crippen LogP contribution in [0.2, 0.25) is 5.02 Å². The SMILES string of the molecule is O=C(O)CCc1csc(-c2cc(Cl)cs2)n1. The normalized spacial score (nSPS) is 10.6. The van der Waals surface area contributed by atoms with E-state index in [1.54, 1.807) is 11.3 Å². The standard InChI is InChI=1S/C10H8ClNO2S2/c11-6-3-8(15-4-6)10-12-7(5-16-10)1-2-9(13)14/h3-5H,1-2H2,(H,13,14). The molecule has 0 amide bonds. The molecule has 3 nitrogen and oxygen atoms in total. The first-order valence-corrected chi connectivity index (χ1v) is 6.69. The first-order chi connectivity index (χ1) is 7.65. The molecule has 0 aliphatic rings. The predicted molar refractivity (Wildman–Crippen MR) is 66.4 cm³/mol. The van der Waals surface area contributed by atoms with E-state index in [0.717, 1.165) is 15.6 Å². The number of carbonyl (C=O) groups is 1. The zero-order chi connectivity index (χ0) is 11.5. The first kappa shape index (κ1) is 11.6. The maximum atomic E-state index is 10.4. The molecule has 0 fully saturated rings. The lowest BCUT2D eigenvalue weighted by atomic mass is 10.2. The molecule has 0 aliphatic heterocycles. The number of thiophene rings is 1. The van der Waals surface area contributed by atoms with Crippen LogP contribution in [0.1, 0.15) is 12.1 Å². The Balaban J connectivity index is 2.10. The molecular weight excluding hydrogens is 266 g/mol. The van der Waals surface area contributed by atoms with Crippen LogP contribution in [-0.4, -0.2) is 16.1 Å². The van der Waals surface area contributed by atoms with Crippen molar-refractivity contribution < 1.29 is 9.90 Å². The number of carboxylic acid groups (broad SMARTS) is 1. The van der Waals surface area contributed by atoms with E-state index in [9.17, 15) is 4.79 Å². The van der Waals surface area contributed by atoms with E-state index in [2.05, 4.69) is 4.98 Å². The van der Waals surface area contributed by atoms with Gasteiger partial charge in [-0.05, 0) is 6.07 Å². The third-order valence-electron chi connectivity index (χ3n) is 1.92. The van der Waals surface area contributed by atoms with Gasteiger partial charge in [-0.25, -0.2) is 4.98 Å². The number of nitrogens with zero attached hydrogens (tertiary/aromatic N) is 1. The number of rotatable bonds is 4. The molecule has 84 valence electrons. The van der Waals surface area contributed by atoms with E-state index < -0.39 is 5.97 Å². The molecule has 0 saturated heterocycles. The lowest BCUT2D eigenvalue weighted by Gasteiger charge is -1.91. The molecule has 2 rings (SSSR count). The third kappa shape index (κ3) is 2.81. The molecule has 16 heavy (non-hydrogen) atoms. The summed E-state index contributed by atoms with van der Waals surface area (Å²) in [4.78, 5) is 15.8. The molecule has 0 radical (unpaired) electrons. The Morgan fingerprint density at radius 1 is 1.44 bits per heavy atom. The number of halogens is 1. The number of thiazole rings is 1. The number of hydrogen-bond donors (Lipinski definition) is 1. The Kier molecular flexibility index (Phi) is 3.58. The Labute approximate surface area is 105 Å². The van der Waals surface area contributed by atoms with Crippen LogP contribution in [0.3, 0.4) is 0 Å². The van der Waals surface area contributed by atoms with Crippen LogP contribution in [0.5, 0.6) is 0 Å². The minimum atomic E-state index is -0.797. The summed E-state index contributed by atoms with van der Waals surface area (Å²) in [5.74, 6) is -0.797. The van der Waals surface area contributed by atoms with Gasteiger partial charge in [-0.3, -0.25) is 4.79 Å². The number of aryl methyl sites for hydroxylation is 1. The highest BCUT2D eigenvalue weighted by Crippen LogP contribution is 2.31. The highest BCUT2D eigenvalue weighted by atomic mass is 35.5. The smallest absolute Gasteiger partial charge is 0.303 e. The fraction of sp³-hybridized carbons (Fsp3) is 0.200. The van der Waals surface area contributed by atoms with Crippen LogP contribution in [0, 0.1) is 0 Å². The molecule has 0 aliphatic carbocycles. The van der Waals surface area contributed by atoms with E-state index in [1.807, 2.05) is 16.8 Å².